The fourth-order valence-electron chi connectivity index (χ4n) is 3.06. The van der Waals surface area contributed by atoms with Crippen LogP contribution >= 0.6 is 0 Å². The Balaban J connectivity index is 2.04. The maximum absolute atomic E-state index is 12.7. The number of H-pyrrole nitrogens is 1. The summed E-state index contributed by atoms with van der Waals surface area (Å²) in [6.07, 6.45) is 1.10. The minimum absolute atomic E-state index is 0.0875. The van der Waals surface area contributed by atoms with Crippen LogP contribution in [0.3, 0.4) is 0 Å². The summed E-state index contributed by atoms with van der Waals surface area (Å²) in [7, 11) is 0. The zero-order valence-corrected chi connectivity index (χ0v) is 13.3. The molecule has 114 valence electrons. The number of anilines is 1. The first-order valence-electron chi connectivity index (χ1n) is 7.86. The van der Waals surface area contributed by atoms with Crippen molar-refractivity contribution in [2.24, 2.45) is 5.92 Å². The van der Waals surface area contributed by atoms with Gasteiger partial charge in [-0.15, -0.1) is 0 Å². The summed E-state index contributed by atoms with van der Waals surface area (Å²) in [6, 6.07) is 14.0. The van der Waals surface area contributed by atoms with Gasteiger partial charge in [0.05, 0.1) is 0 Å². The van der Waals surface area contributed by atoms with Crippen LogP contribution in [-0.2, 0) is 0 Å². The fraction of sp³-hybridized carbons (Fsp3) is 0.316. The molecule has 1 aromatic heterocycles. The molecule has 3 aromatic rings. The minimum atomic E-state index is 0.0875. The number of aromatic nitrogens is 1. The molecule has 0 saturated carbocycles. The van der Waals surface area contributed by atoms with Gasteiger partial charge in [-0.25, -0.2) is 0 Å². The number of rotatable bonds is 4. The second-order valence-electron chi connectivity index (χ2n) is 6.44. The summed E-state index contributed by atoms with van der Waals surface area (Å²) < 4.78 is 0. The fourth-order valence-corrected chi connectivity index (χ4v) is 3.06. The molecule has 3 heteroatoms. The van der Waals surface area contributed by atoms with E-state index in [2.05, 4.69) is 31.1 Å². The quantitative estimate of drug-likeness (QED) is 0.694. The maximum atomic E-state index is 12.7. The van der Waals surface area contributed by atoms with Crippen LogP contribution in [0.2, 0.25) is 0 Å². The number of nitrogens with one attached hydrogen (secondary N) is 2. The van der Waals surface area contributed by atoms with Gasteiger partial charge in [-0.3, -0.25) is 4.79 Å². The van der Waals surface area contributed by atoms with Crippen LogP contribution in [0.1, 0.15) is 27.2 Å². The monoisotopic (exact) mass is 294 g/mol. The van der Waals surface area contributed by atoms with Crippen molar-refractivity contribution in [1.82, 2.24) is 4.98 Å². The predicted molar refractivity (Wildman–Crippen MR) is 94.6 cm³/mol. The third-order valence-corrected chi connectivity index (χ3v) is 3.94. The summed E-state index contributed by atoms with van der Waals surface area (Å²) in [5.41, 5.74) is 2.85. The van der Waals surface area contributed by atoms with Gasteiger partial charge in [0.2, 0.25) is 0 Å². The highest BCUT2D eigenvalue weighted by Crippen LogP contribution is 2.20. The Kier molecular flexibility index (Phi) is 3.88. The Morgan fingerprint density at radius 2 is 1.73 bits per heavy atom. The van der Waals surface area contributed by atoms with E-state index in [-0.39, 0.29) is 5.43 Å². The Bertz CT molecular complexity index is 864. The van der Waals surface area contributed by atoms with Crippen molar-refractivity contribution in [3.8, 4) is 0 Å². The molecule has 0 bridgehead atoms. The molecule has 3 nitrogen and oxygen atoms in total. The molecule has 1 unspecified atom stereocenters. The largest absolute Gasteiger partial charge is 0.383 e. The average Bonchev–Trinajstić information content (AvgIpc) is 2.47. The zero-order valence-electron chi connectivity index (χ0n) is 13.3. The van der Waals surface area contributed by atoms with E-state index in [1.54, 1.807) is 0 Å². The van der Waals surface area contributed by atoms with Crippen molar-refractivity contribution in [2.75, 3.05) is 5.32 Å². The van der Waals surface area contributed by atoms with Crippen molar-refractivity contribution >= 4 is 27.5 Å². The van der Waals surface area contributed by atoms with Crippen LogP contribution in [0.15, 0.2) is 47.3 Å². The molecular formula is C19H22N2O. The summed E-state index contributed by atoms with van der Waals surface area (Å²) in [5, 5.41) is 4.96. The molecule has 0 aliphatic heterocycles. The van der Waals surface area contributed by atoms with Crippen molar-refractivity contribution in [2.45, 2.75) is 33.2 Å². The van der Waals surface area contributed by atoms with E-state index in [0.29, 0.717) is 12.0 Å². The van der Waals surface area contributed by atoms with Crippen LogP contribution in [0.5, 0.6) is 0 Å². The van der Waals surface area contributed by atoms with Crippen molar-refractivity contribution < 1.29 is 0 Å². The van der Waals surface area contributed by atoms with Gasteiger partial charge in [-0.1, -0.05) is 26.0 Å². The van der Waals surface area contributed by atoms with Gasteiger partial charge in [0.25, 0.3) is 0 Å². The molecule has 3 rings (SSSR count). The third kappa shape index (κ3) is 2.84. The first-order chi connectivity index (χ1) is 10.5. The van der Waals surface area contributed by atoms with Gasteiger partial charge < -0.3 is 10.3 Å². The first kappa shape index (κ1) is 14.6. The van der Waals surface area contributed by atoms with E-state index in [9.17, 15) is 4.79 Å². The lowest BCUT2D eigenvalue weighted by Crippen LogP contribution is -2.17. The van der Waals surface area contributed by atoms with Gasteiger partial charge in [0, 0.05) is 33.5 Å². The molecule has 1 atom stereocenters. The molecule has 22 heavy (non-hydrogen) atoms. The maximum Gasteiger partial charge on any atom is 0.197 e. The van der Waals surface area contributed by atoms with Gasteiger partial charge in [-0.05, 0) is 49.6 Å². The molecule has 2 aromatic carbocycles. The SMILES string of the molecule is CC(C)CC(C)Nc1ccc2[nH]c3ccccc3c(=O)c2c1. The van der Waals surface area contributed by atoms with Crippen LogP contribution < -0.4 is 10.7 Å². The number of para-hydroxylation sites is 1. The molecule has 0 fully saturated rings. The van der Waals surface area contributed by atoms with E-state index >= 15 is 0 Å². The zero-order chi connectivity index (χ0) is 15.7. The predicted octanol–water partition coefficient (Wildman–Crippen LogP) is 4.53. The molecule has 0 aliphatic rings. The average molecular weight is 294 g/mol. The highest BCUT2D eigenvalue weighted by molar-refractivity contribution is 5.93. The number of hydrogen-bond donors (Lipinski definition) is 2. The van der Waals surface area contributed by atoms with E-state index in [0.717, 1.165) is 33.9 Å². The highest BCUT2D eigenvalue weighted by Gasteiger charge is 2.08. The Labute approximate surface area is 130 Å². The Morgan fingerprint density at radius 3 is 2.50 bits per heavy atom. The number of pyridine rings is 1. The Morgan fingerprint density at radius 1 is 1.00 bits per heavy atom. The molecule has 0 spiro atoms. The number of benzene rings is 2. The van der Waals surface area contributed by atoms with Crippen LogP contribution in [0, 0.1) is 5.92 Å². The summed E-state index contributed by atoms with van der Waals surface area (Å²) in [5.74, 6) is 0.648. The van der Waals surface area contributed by atoms with Gasteiger partial charge in [-0.2, -0.15) is 0 Å². The topological polar surface area (TPSA) is 44.9 Å². The Hall–Kier alpha value is -2.29. The van der Waals surface area contributed by atoms with E-state index in [4.69, 9.17) is 0 Å². The smallest absolute Gasteiger partial charge is 0.197 e. The van der Waals surface area contributed by atoms with Crippen LogP contribution in [0.25, 0.3) is 21.8 Å². The molecule has 0 amide bonds. The first-order valence-corrected chi connectivity index (χ1v) is 7.86. The molecule has 1 heterocycles. The highest BCUT2D eigenvalue weighted by atomic mass is 16.1. The van der Waals surface area contributed by atoms with Crippen molar-refractivity contribution in [3.05, 3.63) is 52.7 Å². The molecule has 0 aliphatic carbocycles. The second-order valence-corrected chi connectivity index (χ2v) is 6.44. The number of hydrogen-bond acceptors (Lipinski definition) is 2. The minimum Gasteiger partial charge on any atom is -0.383 e. The van der Waals surface area contributed by atoms with Crippen molar-refractivity contribution in [1.29, 1.82) is 0 Å². The molecule has 0 saturated heterocycles. The summed E-state index contributed by atoms with van der Waals surface area (Å²) in [6.45, 7) is 6.61. The standard InChI is InChI=1S/C19H22N2O/c1-12(2)10-13(3)20-14-8-9-18-16(11-14)19(22)15-6-4-5-7-17(15)21-18/h4-9,11-13,20H,10H2,1-3H3,(H,21,22). The third-order valence-electron chi connectivity index (χ3n) is 3.94. The number of aromatic amines is 1. The van der Waals surface area contributed by atoms with Gasteiger partial charge in [0.15, 0.2) is 5.43 Å². The number of fused-ring (bicyclic) bond motifs is 2. The molecule has 2 N–H and O–H groups in total. The van der Waals surface area contributed by atoms with E-state index in [1.807, 2.05) is 42.5 Å². The van der Waals surface area contributed by atoms with E-state index in [1.165, 1.54) is 0 Å². The van der Waals surface area contributed by atoms with Crippen LogP contribution in [-0.4, -0.2) is 11.0 Å². The summed E-state index contributed by atoms with van der Waals surface area (Å²) >= 11 is 0. The normalized spacial score (nSPS) is 12.9. The van der Waals surface area contributed by atoms with E-state index < -0.39 is 0 Å². The summed E-state index contributed by atoms with van der Waals surface area (Å²) in [4.78, 5) is 16.0. The lowest BCUT2D eigenvalue weighted by molar-refractivity contribution is 0.540. The lowest BCUT2D eigenvalue weighted by atomic mass is 10.0. The second kappa shape index (κ2) is 5.84. The van der Waals surface area contributed by atoms with Gasteiger partial charge >= 0.3 is 0 Å². The van der Waals surface area contributed by atoms with Gasteiger partial charge in [0.1, 0.15) is 0 Å². The van der Waals surface area contributed by atoms with Crippen molar-refractivity contribution in [3.63, 3.8) is 0 Å². The molecule has 0 radical (unpaired) electrons. The van der Waals surface area contributed by atoms with Crippen LogP contribution in [0.4, 0.5) is 5.69 Å². The lowest BCUT2D eigenvalue weighted by Gasteiger charge is -2.17. The molecular weight excluding hydrogens is 272 g/mol.